The predicted octanol–water partition coefficient (Wildman–Crippen LogP) is 5.85. The van der Waals surface area contributed by atoms with E-state index >= 15 is 0 Å². The van der Waals surface area contributed by atoms with Crippen LogP contribution in [0.15, 0.2) is 73.6 Å². The Bertz CT molecular complexity index is 2030. The van der Waals surface area contributed by atoms with Crippen molar-refractivity contribution in [3.63, 3.8) is 0 Å². The number of hydrogen-bond acceptors (Lipinski definition) is 13. The van der Waals surface area contributed by atoms with Crippen molar-refractivity contribution in [1.29, 1.82) is 0 Å². The van der Waals surface area contributed by atoms with Gasteiger partial charge in [0.1, 0.15) is 29.2 Å². The van der Waals surface area contributed by atoms with E-state index in [-0.39, 0.29) is 17.9 Å². The lowest BCUT2D eigenvalue weighted by molar-refractivity contribution is -0.115. The van der Waals surface area contributed by atoms with Crippen molar-refractivity contribution in [2.24, 2.45) is 0 Å². The smallest absolute Gasteiger partial charge is 0.396 e. The van der Waals surface area contributed by atoms with Crippen molar-refractivity contribution < 1.29 is 18.3 Å². The Labute approximate surface area is 293 Å². The Morgan fingerprint density at radius 1 is 0.686 bits per heavy atom. The van der Waals surface area contributed by atoms with Gasteiger partial charge >= 0.3 is 6.18 Å². The Balaban J connectivity index is 0.000000198. The highest BCUT2D eigenvalue weighted by atomic mass is 19.4. The van der Waals surface area contributed by atoms with Crippen LogP contribution in [0.3, 0.4) is 0 Å². The van der Waals surface area contributed by atoms with Crippen molar-refractivity contribution in [2.75, 3.05) is 67.8 Å². The first-order chi connectivity index (χ1) is 24.6. The topological polar surface area (TPSA) is 154 Å². The maximum atomic E-state index is 12.6. The van der Waals surface area contributed by atoms with Crippen molar-refractivity contribution >= 4 is 45.3 Å². The largest absolute Gasteiger partial charge is 0.405 e. The molecule has 0 radical (unpaired) electrons. The van der Waals surface area contributed by atoms with Crippen LogP contribution in [-0.4, -0.2) is 98.5 Å². The first kappa shape index (κ1) is 36.5. The van der Waals surface area contributed by atoms with Gasteiger partial charge in [-0.1, -0.05) is 0 Å². The summed E-state index contributed by atoms with van der Waals surface area (Å²) in [4.78, 5) is 38.8. The molecule has 266 valence electrons. The SMILES string of the molecule is CCN(C)c1ccc(-c2cc3nccnc3c(NCC(F)(F)F)n2)cn1.CN(C)c1ccc(-c2cc3nccnc3c(NCCCCO)n2)cn1. The average molecular weight is 701 g/mol. The molecule has 16 heteroatoms. The van der Waals surface area contributed by atoms with Crippen LogP contribution in [0.1, 0.15) is 19.8 Å². The number of nitrogens with one attached hydrogen (secondary N) is 2. The number of aromatic nitrogens is 8. The van der Waals surface area contributed by atoms with Crippen molar-refractivity contribution in [3.05, 3.63) is 73.6 Å². The van der Waals surface area contributed by atoms with Crippen LogP contribution in [0.2, 0.25) is 0 Å². The van der Waals surface area contributed by atoms with Crippen LogP contribution in [0.25, 0.3) is 44.6 Å². The number of pyridine rings is 4. The third kappa shape index (κ3) is 9.69. The van der Waals surface area contributed by atoms with Gasteiger partial charge in [-0.05, 0) is 56.2 Å². The number of halogens is 3. The predicted molar refractivity (Wildman–Crippen MR) is 194 cm³/mol. The van der Waals surface area contributed by atoms with E-state index in [1.54, 1.807) is 24.7 Å². The molecule has 0 fully saturated rings. The van der Waals surface area contributed by atoms with Crippen LogP contribution >= 0.6 is 0 Å². The molecule has 0 aromatic carbocycles. The monoisotopic (exact) mass is 700 g/mol. The highest BCUT2D eigenvalue weighted by Crippen LogP contribution is 2.28. The second-order valence-electron chi connectivity index (χ2n) is 11.6. The van der Waals surface area contributed by atoms with Gasteiger partial charge in [-0.25, -0.2) is 29.9 Å². The van der Waals surface area contributed by atoms with Gasteiger partial charge in [0.05, 0.1) is 22.4 Å². The minimum Gasteiger partial charge on any atom is -0.396 e. The fourth-order valence-corrected chi connectivity index (χ4v) is 4.84. The normalized spacial score (nSPS) is 11.2. The fourth-order valence-electron chi connectivity index (χ4n) is 4.84. The van der Waals surface area contributed by atoms with Crippen LogP contribution in [0.4, 0.5) is 36.4 Å². The molecule has 6 aromatic rings. The number of hydrogen-bond donors (Lipinski definition) is 3. The number of anilines is 4. The molecule has 0 aliphatic rings. The molecule has 0 saturated heterocycles. The summed E-state index contributed by atoms with van der Waals surface area (Å²) in [5.74, 6) is 2.44. The molecule has 51 heavy (non-hydrogen) atoms. The maximum absolute atomic E-state index is 12.6. The number of unbranched alkanes of at least 4 members (excludes halogenated alkanes) is 1. The summed E-state index contributed by atoms with van der Waals surface area (Å²) >= 11 is 0. The second-order valence-corrected chi connectivity index (χ2v) is 11.6. The molecule has 3 N–H and O–H groups in total. The summed E-state index contributed by atoms with van der Waals surface area (Å²) in [5.41, 5.74) is 5.16. The van der Waals surface area contributed by atoms with Gasteiger partial charge in [0, 0.05) is 89.1 Å². The molecule has 0 spiro atoms. The van der Waals surface area contributed by atoms with Crippen LogP contribution in [-0.2, 0) is 0 Å². The summed E-state index contributed by atoms with van der Waals surface area (Å²) in [5, 5.41) is 14.5. The van der Waals surface area contributed by atoms with E-state index < -0.39 is 12.7 Å². The van der Waals surface area contributed by atoms with Crippen molar-refractivity contribution in [3.8, 4) is 22.5 Å². The summed E-state index contributed by atoms with van der Waals surface area (Å²) in [6.45, 7) is 2.53. The molecule has 13 nitrogen and oxygen atoms in total. The highest BCUT2D eigenvalue weighted by Gasteiger charge is 2.27. The molecule has 6 aromatic heterocycles. The fraction of sp³-hybridized carbons (Fsp3) is 0.314. The molecular weight excluding hydrogens is 661 g/mol. The second kappa shape index (κ2) is 16.8. The van der Waals surface area contributed by atoms with Crippen molar-refractivity contribution in [1.82, 2.24) is 39.9 Å². The quantitative estimate of drug-likeness (QED) is 0.131. The Morgan fingerprint density at radius 3 is 1.69 bits per heavy atom. The highest BCUT2D eigenvalue weighted by molar-refractivity contribution is 5.89. The molecule has 6 rings (SSSR count). The third-order valence-electron chi connectivity index (χ3n) is 7.66. The average Bonchev–Trinajstić information content (AvgIpc) is 3.15. The Kier molecular flexibility index (Phi) is 12.0. The van der Waals surface area contributed by atoms with Crippen LogP contribution in [0, 0.1) is 0 Å². The molecular formula is C35H39F3N12O. The molecule has 0 bridgehead atoms. The summed E-state index contributed by atoms with van der Waals surface area (Å²) in [7, 11) is 5.84. The number of aliphatic hydroxyl groups excluding tert-OH is 1. The lowest BCUT2D eigenvalue weighted by Gasteiger charge is -2.16. The molecule has 0 unspecified atom stereocenters. The number of nitrogens with zero attached hydrogens (tertiary/aromatic N) is 10. The first-order valence-electron chi connectivity index (χ1n) is 16.3. The molecule has 0 saturated carbocycles. The molecule has 0 atom stereocenters. The number of aliphatic hydroxyl groups is 1. The summed E-state index contributed by atoms with van der Waals surface area (Å²) in [6.07, 6.45) is 6.95. The molecule has 0 aliphatic heterocycles. The zero-order valence-electron chi connectivity index (χ0n) is 28.7. The van der Waals surface area contributed by atoms with Gasteiger partial charge in [0.25, 0.3) is 0 Å². The van der Waals surface area contributed by atoms with Gasteiger partial charge in [-0.2, -0.15) is 13.2 Å². The Morgan fingerprint density at radius 2 is 1.22 bits per heavy atom. The summed E-state index contributed by atoms with van der Waals surface area (Å²) in [6, 6.07) is 11.2. The summed E-state index contributed by atoms with van der Waals surface area (Å²) < 4.78 is 37.7. The zero-order valence-corrected chi connectivity index (χ0v) is 28.7. The van der Waals surface area contributed by atoms with E-state index in [1.807, 2.05) is 74.4 Å². The maximum Gasteiger partial charge on any atom is 0.405 e. The van der Waals surface area contributed by atoms with Gasteiger partial charge < -0.3 is 25.5 Å². The molecule has 6 heterocycles. The van der Waals surface area contributed by atoms with E-state index in [9.17, 15) is 13.2 Å². The lowest BCUT2D eigenvalue weighted by atomic mass is 10.1. The van der Waals surface area contributed by atoms with E-state index in [1.165, 1.54) is 12.4 Å². The number of alkyl halides is 3. The molecule has 0 aliphatic carbocycles. The van der Waals surface area contributed by atoms with Crippen LogP contribution in [0.5, 0.6) is 0 Å². The number of rotatable bonds is 12. The minimum absolute atomic E-state index is 0.0395. The Hall–Kier alpha value is -5.77. The van der Waals surface area contributed by atoms with E-state index in [0.29, 0.717) is 22.6 Å². The van der Waals surface area contributed by atoms with Crippen LogP contribution < -0.4 is 20.4 Å². The van der Waals surface area contributed by atoms with Gasteiger partial charge in [0.15, 0.2) is 11.6 Å². The van der Waals surface area contributed by atoms with Crippen molar-refractivity contribution in [2.45, 2.75) is 25.9 Å². The van der Waals surface area contributed by atoms with Gasteiger partial charge in [-0.3, -0.25) is 9.97 Å². The number of fused-ring (bicyclic) bond motifs is 2. The zero-order chi connectivity index (χ0) is 36.4. The van der Waals surface area contributed by atoms with E-state index in [4.69, 9.17) is 10.1 Å². The van der Waals surface area contributed by atoms with Gasteiger partial charge in [-0.15, -0.1) is 0 Å². The van der Waals surface area contributed by atoms with E-state index in [0.717, 1.165) is 59.9 Å². The first-order valence-corrected chi connectivity index (χ1v) is 16.3. The van der Waals surface area contributed by atoms with Gasteiger partial charge in [0.2, 0.25) is 0 Å². The molecule has 0 amide bonds. The minimum atomic E-state index is -4.36. The lowest BCUT2D eigenvalue weighted by Crippen LogP contribution is -2.22. The van der Waals surface area contributed by atoms with E-state index in [2.05, 4.69) is 45.5 Å². The standard InChI is InChI=1S/C18H22N6O.C17H17F3N6/c1-24(2)16-6-5-13(12-22-16)14-11-15-17(20-9-8-19-15)18(23-14)21-7-3-4-10-25;1-3-26(2)14-5-4-11(9-23-14)12-8-13-15(22-7-6-21-13)16(25-12)24-10-17(18,19)20/h5-6,8-9,11-12,25H,3-4,7,10H2,1-2H3,(H,21,23);4-9H,3,10H2,1-2H3,(H,24,25). The third-order valence-corrected chi connectivity index (χ3v) is 7.66.